The van der Waals surface area contributed by atoms with Crippen LogP contribution in [0.4, 0.5) is 16.2 Å². The number of benzene rings is 2. The summed E-state index contributed by atoms with van der Waals surface area (Å²) in [5.41, 5.74) is 3.56. The van der Waals surface area contributed by atoms with Crippen LogP contribution in [0.1, 0.15) is 38.3 Å². The molecule has 0 aromatic heterocycles. The van der Waals surface area contributed by atoms with Crippen LogP contribution in [-0.2, 0) is 17.8 Å². The van der Waals surface area contributed by atoms with Crippen LogP contribution >= 0.6 is 0 Å². The van der Waals surface area contributed by atoms with Gasteiger partial charge in [0.2, 0.25) is 5.91 Å². The van der Waals surface area contributed by atoms with E-state index < -0.39 is 5.41 Å². The lowest BCUT2D eigenvalue weighted by atomic mass is 9.89. The molecule has 1 heterocycles. The average molecular weight is 365 g/mol. The van der Waals surface area contributed by atoms with E-state index in [9.17, 15) is 9.59 Å². The number of anilines is 2. The smallest absolute Gasteiger partial charge is 0.322 e. The number of nitrogens with zero attached hydrogens (tertiary/aromatic N) is 1. The van der Waals surface area contributed by atoms with E-state index in [1.807, 2.05) is 62.1 Å². The number of nitrogens with one attached hydrogen (secondary N) is 2. The second-order valence-electron chi connectivity index (χ2n) is 7.64. The molecule has 3 rings (SSSR count). The molecule has 0 spiro atoms. The first kappa shape index (κ1) is 19.0. The SMILES string of the molecule is CCC(C)(C)C(=O)Nc1ccc(NC(=O)N2CCc3ccccc3C2)cc1. The molecule has 0 unspecified atom stereocenters. The number of hydrogen-bond donors (Lipinski definition) is 2. The first-order chi connectivity index (χ1) is 12.9. The van der Waals surface area contributed by atoms with E-state index >= 15 is 0 Å². The molecule has 0 atom stereocenters. The molecule has 0 saturated carbocycles. The quantitative estimate of drug-likeness (QED) is 0.828. The molecule has 2 aromatic rings. The number of carbonyl (C=O) groups excluding carboxylic acids is 2. The highest BCUT2D eigenvalue weighted by Crippen LogP contribution is 2.23. The minimum absolute atomic E-state index is 0.00577. The summed E-state index contributed by atoms with van der Waals surface area (Å²) < 4.78 is 0. The third-order valence-electron chi connectivity index (χ3n) is 5.31. The number of hydrogen-bond acceptors (Lipinski definition) is 2. The zero-order chi connectivity index (χ0) is 19.4. The summed E-state index contributed by atoms with van der Waals surface area (Å²) in [5, 5.41) is 5.86. The lowest BCUT2D eigenvalue weighted by Gasteiger charge is -2.29. The molecule has 0 aliphatic carbocycles. The first-order valence-electron chi connectivity index (χ1n) is 9.43. The van der Waals surface area contributed by atoms with Gasteiger partial charge in [-0.25, -0.2) is 4.79 Å². The summed E-state index contributed by atoms with van der Waals surface area (Å²) in [6.45, 7) is 7.18. The Bertz CT molecular complexity index is 828. The standard InChI is InChI=1S/C22H27N3O2/c1-4-22(2,3)20(26)23-18-9-11-19(12-10-18)24-21(27)25-14-13-16-7-5-6-8-17(16)15-25/h5-12H,4,13-15H2,1-3H3,(H,23,26)(H,24,27). The second kappa shape index (κ2) is 7.82. The summed E-state index contributed by atoms with van der Waals surface area (Å²) in [4.78, 5) is 26.6. The van der Waals surface area contributed by atoms with Crippen LogP contribution in [0.2, 0.25) is 0 Å². The van der Waals surface area contributed by atoms with Crippen molar-refractivity contribution in [1.82, 2.24) is 4.90 Å². The predicted octanol–water partition coefficient (Wildman–Crippen LogP) is 4.65. The maximum absolute atomic E-state index is 12.6. The molecular weight excluding hydrogens is 338 g/mol. The van der Waals surface area contributed by atoms with Crippen LogP contribution in [0.3, 0.4) is 0 Å². The fraction of sp³-hybridized carbons (Fsp3) is 0.364. The molecule has 0 saturated heterocycles. The van der Waals surface area contributed by atoms with Gasteiger partial charge in [0, 0.05) is 29.9 Å². The number of rotatable bonds is 4. The Hall–Kier alpha value is -2.82. The van der Waals surface area contributed by atoms with Gasteiger partial charge in [-0.15, -0.1) is 0 Å². The molecule has 2 N–H and O–H groups in total. The number of amides is 3. The van der Waals surface area contributed by atoms with Gasteiger partial charge in [-0.2, -0.15) is 0 Å². The van der Waals surface area contributed by atoms with Gasteiger partial charge in [0.25, 0.3) is 0 Å². The maximum atomic E-state index is 12.6. The van der Waals surface area contributed by atoms with Crippen molar-refractivity contribution in [3.05, 3.63) is 59.7 Å². The Labute approximate surface area is 160 Å². The van der Waals surface area contributed by atoms with Crippen LogP contribution in [-0.4, -0.2) is 23.4 Å². The minimum Gasteiger partial charge on any atom is -0.326 e. The van der Waals surface area contributed by atoms with Gasteiger partial charge in [0.15, 0.2) is 0 Å². The van der Waals surface area contributed by atoms with E-state index in [1.54, 1.807) is 0 Å². The van der Waals surface area contributed by atoms with Crippen molar-refractivity contribution in [3.8, 4) is 0 Å². The lowest BCUT2D eigenvalue weighted by molar-refractivity contribution is -0.124. The summed E-state index contributed by atoms with van der Waals surface area (Å²) >= 11 is 0. The van der Waals surface area contributed by atoms with Crippen molar-refractivity contribution in [2.24, 2.45) is 5.41 Å². The molecule has 3 amide bonds. The Morgan fingerprint density at radius 2 is 1.56 bits per heavy atom. The van der Waals surface area contributed by atoms with Crippen molar-refractivity contribution in [1.29, 1.82) is 0 Å². The van der Waals surface area contributed by atoms with Crippen LogP contribution < -0.4 is 10.6 Å². The molecule has 1 aliphatic rings. The Balaban J connectivity index is 1.59. The van der Waals surface area contributed by atoms with Crippen LogP contribution in [0.15, 0.2) is 48.5 Å². The van der Waals surface area contributed by atoms with Gasteiger partial charge in [0.05, 0.1) is 0 Å². The van der Waals surface area contributed by atoms with E-state index in [4.69, 9.17) is 0 Å². The van der Waals surface area contributed by atoms with Crippen molar-refractivity contribution in [2.45, 2.75) is 40.2 Å². The van der Waals surface area contributed by atoms with E-state index in [1.165, 1.54) is 11.1 Å². The Kier molecular flexibility index (Phi) is 5.49. The highest BCUT2D eigenvalue weighted by atomic mass is 16.2. The first-order valence-corrected chi connectivity index (χ1v) is 9.43. The lowest BCUT2D eigenvalue weighted by Crippen LogP contribution is -2.38. The van der Waals surface area contributed by atoms with Crippen LogP contribution in [0.25, 0.3) is 0 Å². The van der Waals surface area contributed by atoms with E-state index in [-0.39, 0.29) is 11.9 Å². The third kappa shape index (κ3) is 4.48. The monoisotopic (exact) mass is 365 g/mol. The summed E-state index contributed by atoms with van der Waals surface area (Å²) in [5.74, 6) is -0.00577. The molecule has 27 heavy (non-hydrogen) atoms. The van der Waals surface area contributed by atoms with E-state index in [0.717, 1.165) is 18.5 Å². The molecule has 5 nitrogen and oxygen atoms in total. The van der Waals surface area contributed by atoms with Gasteiger partial charge in [-0.1, -0.05) is 45.0 Å². The van der Waals surface area contributed by atoms with Crippen molar-refractivity contribution >= 4 is 23.3 Å². The van der Waals surface area contributed by atoms with Crippen molar-refractivity contribution in [2.75, 3.05) is 17.2 Å². The number of carbonyl (C=O) groups is 2. The zero-order valence-electron chi connectivity index (χ0n) is 16.2. The Morgan fingerprint density at radius 3 is 2.19 bits per heavy atom. The summed E-state index contributed by atoms with van der Waals surface area (Å²) in [6, 6.07) is 15.4. The molecule has 0 radical (unpaired) electrons. The Morgan fingerprint density at radius 1 is 0.963 bits per heavy atom. The molecule has 142 valence electrons. The number of fused-ring (bicyclic) bond motifs is 1. The van der Waals surface area contributed by atoms with Crippen molar-refractivity contribution < 1.29 is 9.59 Å². The maximum Gasteiger partial charge on any atom is 0.322 e. The van der Waals surface area contributed by atoms with Gasteiger partial charge in [0.1, 0.15) is 0 Å². The van der Waals surface area contributed by atoms with Crippen LogP contribution in [0.5, 0.6) is 0 Å². The average Bonchev–Trinajstić information content (AvgIpc) is 2.69. The zero-order valence-corrected chi connectivity index (χ0v) is 16.2. The fourth-order valence-corrected chi connectivity index (χ4v) is 2.97. The molecule has 0 fully saturated rings. The minimum atomic E-state index is -0.405. The third-order valence-corrected chi connectivity index (χ3v) is 5.31. The normalized spacial score (nSPS) is 13.7. The van der Waals surface area contributed by atoms with Gasteiger partial charge in [-0.05, 0) is 48.2 Å². The fourth-order valence-electron chi connectivity index (χ4n) is 2.97. The van der Waals surface area contributed by atoms with E-state index in [2.05, 4.69) is 22.8 Å². The second-order valence-corrected chi connectivity index (χ2v) is 7.64. The summed E-state index contributed by atoms with van der Waals surface area (Å²) in [6.07, 6.45) is 1.65. The highest BCUT2D eigenvalue weighted by Gasteiger charge is 2.25. The topological polar surface area (TPSA) is 61.4 Å². The predicted molar refractivity (Wildman–Crippen MR) is 109 cm³/mol. The van der Waals surface area contributed by atoms with E-state index in [0.29, 0.717) is 18.8 Å². The number of urea groups is 1. The summed E-state index contributed by atoms with van der Waals surface area (Å²) in [7, 11) is 0. The molecule has 1 aliphatic heterocycles. The highest BCUT2D eigenvalue weighted by molar-refractivity contribution is 5.95. The van der Waals surface area contributed by atoms with Crippen molar-refractivity contribution in [3.63, 3.8) is 0 Å². The van der Waals surface area contributed by atoms with Gasteiger partial charge < -0.3 is 15.5 Å². The largest absolute Gasteiger partial charge is 0.326 e. The molecule has 0 bridgehead atoms. The molecule has 2 aromatic carbocycles. The van der Waals surface area contributed by atoms with Gasteiger partial charge in [-0.3, -0.25) is 4.79 Å². The molecule has 5 heteroatoms. The van der Waals surface area contributed by atoms with Crippen LogP contribution in [0, 0.1) is 5.41 Å². The van der Waals surface area contributed by atoms with Gasteiger partial charge >= 0.3 is 6.03 Å². The molecular formula is C22H27N3O2.